The number of benzene rings is 5. The van der Waals surface area contributed by atoms with Crippen LogP contribution in [0.2, 0.25) is 0 Å². The molecular weight excluding hydrogens is 472 g/mol. The predicted octanol–water partition coefficient (Wildman–Crippen LogP) is 8.30. The topological polar surface area (TPSA) is 51.6 Å². The first-order chi connectivity index (χ1) is 18.4. The highest BCUT2D eigenvalue weighted by molar-refractivity contribution is 7.00. The lowest BCUT2D eigenvalue weighted by molar-refractivity contribution is 1.29. The molecule has 174 valence electrons. The molecule has 0 radical (unpaired) electrons. The van der Waals surface area contributed by atoms with Gasteiger partial charge >= 0.3 is 0 Å². The number of hydrogen-bond donors (Lipinski definition) is 0. The molecule has 0 saturated carbocycles. The molecule has 5 aromatic carbocycles. The van der Waals surface area contributed by atoms with E-state index >= 15 is 0 Å². The highest BCUT2D eigenvalue weighted by atomic mass is 32.1. The quantitative estimate of drug-likeness (QED) is 0.248. The van der Waals surface area contributed by atoms with Gasteiger partial charge in [0.15, 0.2) is 0 Å². The van der Waals surface area contributed by atoms with Crippen molar-refractivity contribution in [3.63, 3.8) is 0 Å². The maximum atomic E-state index is 5.39. The summed E-state index contributed by atoms with van der Waals surface area (Å²) in [4.78, 5) is 10.8. The van der Waals surface area contributed by atoms with Crippen LogP contribution in [0, 0.1) is 0 Å². The zero-order chi connectivity index (χ0) is 24.6. The number of hydrogen-bond acceptors (Lipinski definition) is 5. The summed E-state index contributed by atoms with van der Waals surface area (Å²) in [7, 11) is 0. The normalized spacial score (nSPS) is 11.2. The van der Waals surface area contributed by atoms with E-state index in [0.717, 1.165) is 66.8 Å². The molecule has 5 heteroatoms. The van der Waals surface area contributed by atoms with Gasteiger partial charge in [0.05, 0.1) is 23.1 Å². The largest absolute Gasteiger partial charge is 0.243 e. The van der Waals surface area contributed by atoms with E-state index in [9.17, 15) is 0 Å². The van der Waals surface area contributed by atoms with Crippen LogP contribution in [0.25, 0.3) is 66.8 Å². The van der Waals surface area contributed by atoms with Crippen molar-refractivity contribution in [1.29, 1.82) is 0 Å². The van der Waals surface area contributed by atoms with Crippen LogP contribution in [0.4, 0.5) is 0 Å². The molecule has 0 fully saturated rings. The van der Waals surface area contributed by atoms with E-state index in [1.54, 1.807) is 0 Å². The first-order valence-electron chi connectivity index (χ1n) is 12.1. The van der Waals surface area contributed by atoms with Gasteiger partial charge in [0.2, 0.25) is 0 Å². The van der Waals surface area contributed by atoms with Crippen LogP contribution in [-0.4, -0.2) is 18.7 Å². The Kier molecular flexibility index (Phi) is 5.26. The first kappa shape index (κ1) is 21.5. The van der Waals surface area contributed by atoms with Crippen molar-refractivity contribution in [2.24, 2.45) is 0 Å². The van der Waals surface area contributed by atoms with Crippen LogP contribution >= 0.6 is 11.7 Å². The molecule has 0 aliphatic carbocycles. The maximum absolute atomic E-state index is 5.39. The molecule has 0 saturated heterocycles. The van der Waals surface area contributed by atoms with Crippen LogP contribution in [0.3, 0.4) is 0 Å². The summed E-state index contributed by atoms with van der Waals surface area (Å²) in [6.45, 7) is 0. The van der Waals surface area contributed by atoms with Crippen molar-refractivity contribution >= 4 is 33.8 Å². The summed E-state index contributed by atoms with van der Waals surface area (Å²) in [5, 5.41) is 0. The highest BCUT2D eigenvalue weighted by Gasteiger charge is 2.24. The Labute approximate surface area is 218 Å². The zero-order valence-electron chi connectivity index (χ0n) is 19.7. The van der Waals surface area contributed by atoms with Gasteiger partial charge in [-0.3, -0.25) is 0 Å². The average Bonchev–Trinajstić information content (AvgIpc) is 3.46. The van der Waals surface area contributed by atoms with Crippen molar-refractivity contribution < 1.29 is 0 Å². The van der Waals surface area contributed by atoms with E-state index in [1.807, 2.05) is 72.8 Å². The summed E-state index contributed by atoms with van der Waals surface area (Å²) < 4.78 is 9.55. The molecule has 7 rings (SSSR count). The van der Waals surface area contributed by atoms with E-state index in [-0.39, 0.29) is 0 Å². The lowest BCUT2D eigenvalue weighted by Crippen LogP contribution is -2.00. The molecule has 0 unspecified atom stereocenters. The van der Waals surface area contributed by atoms with Crippen LogP contribution in [0.1, 0.15) is 0 Å². The van der Waals surface area contributed by atoms with E-state index in [0.29, 0.717) is 0 Å². The van der Waals surface area contributed by atoms with E-state index in [1.165, 1.54) is 11.7 Å². The van der Waals surface area contributed by atoms with E-state index in [4.69, 9.17) is 18.7 Å². The van der Waals surface area contributed by atoms with Gasteiger partial charge in [-0.2, -0.15) is 8.75 Å². The molecule has 0 aliphatic rings. The minimum absolute atomic E-state index is 0.823. The molecule has 0 atom stereocenters. The maximum Gasteiger partial charge on any atom is 0.115 e. The Bertz CT molecular complexity index is 1710. The second-order valence-electron chi connectivity index (χ2n) is 8.79. The summed E-state index contributed by atoms with van der Waals surface area (Å²) in [5.41, 5.74) is 11.1. The third-order valence-electron chi connectivity index (χ3n) is 6.55. The molecule has 0 aliphatic heterocycles. The van der Waals surface area contributed by atoms with E-state index < -0.39 is 0 Å². The first-order valence-corrected chi connectivity index (χ1v) is 12.8. The Balaban J connectivity index is 1.70. The molecule has 37 heavy (non-hydrogen) atoms. The van der Waals surface area contributed by atoms with Crippen LogP contribution in [0.15, 0.2) is 121 Å². The lowest BCUT2D eigenvalue weighted by Gasteiger charge is -2.16. The fraction of sp³-hybridized carbons (Fsp3) is 0. The predicted molar refractivity (Wildman–Crippen MR) is 152 cm³/mol. The van der Waals surface area contributed by atoms with Gasteiger partial charge in [-0.05, 0) is 11.1 Å². The molecule has 7 aromatic rings. The Morgan fingerprint density at radius 1 is 0.351 bits per heavy atom. The number of fused-ring (bicyclic) bond motifs is 2. The van der Waals surface area contributed by atoms with Gasteiger partial charge in [0, 0.05) is 22.3 Å². The average molecular weight is 493 g/mol. The molecule has 0 spiro atoms. The molecule has 0 N–H and O–H groups in total. The van der Waals surface area contributed by atoms with Crippen molar-refractivity contribution in [3.05, 3.63) is 121 Å². The smallest absolute Gasteiger partial charge is 0.115 e. The number of rotatable bonds is 4. The minimum atomic E-state index is 0.823. The zero-order valence-corrected chi connectivity index (χ0v) is 20.6. The summed E-state index contributed by atoms with van der Waals surface area (Å²) in [5.74, 6) is 0. The molecule has 0 bridgehead atoms. The second-order valence-corrected chi connectivity index (χ2v) is 9.32. The van der Waals surface area contributed by atoms with Crippen molar-refractivity contribution in [2.75, 3.05) is 0 Å². The van der Waals surface area contributed by atoms with Gasteiger partial charge in [-0.25, -0.2) is 9.97 Å². The van der Waals surface area contributed by atoms with Gasteiger partial charge in [-0.1, -0.05) is 121 Å². The number of aromatic nitrogens is 4. The monoisotopic (exact) mass is 492 g/mol. The van der Waals surface area contributed by atoms with Crippen LogP contribution in [0.5, 0.6) is 0 Å². The van der Waals surface area contributed by atoms with Crippen molar-refractivity contribution in [3.8, 4) is 44.8 Å². The van der Waals surface area contributed by atoms with Gasteiger partial charge in [0.25, 0.3) is 0 Å². The van der Waals surface area contributed by atoms with Gasteiger partial charge < -0.3 is 0 Å². The highest BCUT2D eigenvalue weighted by Crippen LogP contribution is 2.43. The summed E-state index contributed by atoms with van der Waals surface area (Å²) >= 11 is 1.23. The third kappa shape index (κ3) is 3.68. The minimum Gasteiger partial charge on any atom is -0.243 e. The molecule has 2 aromatic heterocycles. The third-order valence-corrected chi connectivity index (χ3v) is 7.08. The number of nitrogens with zero attached hydrogens (tertiary/aromatic N) is 4. The summed E-state index contributed by atoms with van der Waals surface area (Å²) in [6, 6.07) is 41.2. The van der Waals surface area contributed by atoms with Crippen LogP contribution in [-0.2, 0) is 0 Å². The van der Waals surface area contributed by atoms with Gasteiger partial charge in [-0.15, -0.1) is 0 Å². The second kappa shape index (κ2) is 9.04. The van der Waals surface area contributed by atoms with Crippen molar-refractivity contribution in [1.82, 2.24) is 18.7 Å². The van der Waals surface area contributed by atoms with Gasteiger partial charge in [0.1, 0.15) is 22.1 Å². The Hall–Kier alpha value is -4.74. The standard InChI is InChI=1S/C32H20N4S/c1-5-13-21(14-6-1)25-29-30(26(22-15-7-2-8-16-22)32-31(25)35-37-36-32)34-28(24-19-11-4-12-20-24)27(33-29)23-17-9-3-10-18-23/h1-20H. The summed E-state index contributed by atoms with van der Waals surface area (Å²) in [6.07, 6.45) is 0. The fourth-order valence-corrected chi connectivity index (χ4v) is 5.44. The molecule has 0 amide bonds. The SMILES string of the molecule is c1ccc(-c2nc3c(-c4ccccc4)c4nsnc4c(-c4ccccc4)c3nc2-c2ccccc2)cc1. The molecular formula is C32H20N4S. The Morgan fingerprint density at radius 3 is 1.03 bits per heavy atom. The van der Waals surface area contributed by atoms with Crippen molar-refractivity contribution in [2.45, 2.75) is 0 Å². The molecule has 4 nitrogen and oxygen atoms in total. The molecule has 2 heterocycles. The van der Waals surface area contributed by atoms with Crippen LogP contribution < -0.4 is 0 Å². The lowest BCUT2D eigenvalue weighted by atomic mass is 9.94. The van der Waals surface area contributed by atoms with E-state index in [2.05, 4.69) is 48.5 Å². The fourth-order valence-electron chi connectivity index (χ4n) is 4.88. The Morgan fingerprint density at radius 2 is 0.676 bits per heavy atom.